The fourth-order valence-corrected chi connectivity index (χ4v) is 5.39. The van der Waals surface area contributed by atoms with Crippen LogP contribution in [0.1, 0.15) is 36.0 Å². The lowest BCUT2D eigenvalue weighted by molar-refractivity contribution is -0.117. The first-order valence-corrected chi connectivity index (χ1v) is 11.4. The number of benzene rings is 2. The summed E-state index contributed by atoms with van der Waals surface area (Å²) >= 11 is 0. The van der Waals surface area contributed by atoms with Crippen LogP contribution in [0, 0.1) is 0 Å². The van der Waals surface area contributed by atoms with Crippen molar-refractivity contribution >= 4 is 38.9 Å². The molecule has 0 atom stereocenters. The predicted octanol–water partition coefficient (Wildman–Crippen LogP) is 3.00. The Balaban J connectivity index is 1.53. The highest BCUT2D eigenvalue weighted by Crippen LogP contribution is 2.26. The molecule has 2 amide bonds. The molecule has 0 unspecified atom stereocenters. The number of nitrogens with one attached hydrogen (secondary N) is 1. The summed E-state index contributed by atoms with van der Waals surface area (Å²) in [5, 5.41) is 2.84. The van der Waals surface area contributed by atoms with E-state index in [1.165, 1.54) is 4.31 Å². The number of anilines is 3. The van der Waals surface area contributed by atoms with Crippen molar-refractivity contribution in [3.8, 4) is 0 Å². The highest BCUT2D eigenvalue weighted by molar-refractivity contribution is 7.92. The van der Waals surface area contributed by atoms with Gasteiger partial charge in [-0.2, -0.15) is 0 Å². The molecule has 2 aliphatic heterocycles. The summed E-state index contributed by atoms with van der Waals surface area (Å²) in [6, 6.07) is 13.8. The number of carbonyl (C=O) groups excluding carboxylic acids is 2. The number of nitrogens with zero attached hydrogens (tertiary/aromatic N) is 2. The summed E-state index contributed by atoms with van der Waals surface area (Å²) < 4.78 is 26.1. The van der Waals surface area contributed by atoms with Gasteiger partial charge >= 0.3 is 0 Å². The van der Waals surface area contributed by atoms with Crippen molar-refractivity contribution in [3.05, 3.63) is 54.1 Å². The van der Waals surface area contributed by atoms with E-state index in [1.54, 1.807) is 47.4 Å². The molecule has 2 fully saturated rings. The first-order chi connectivity index (χ1) is 13.9. The van der Waals surface area contributed by atoms with E-state index in [1.807, 2.05) is 6.07 Å². The lowest BCUT2D eigenvalue weighted by Crippen LogP contribution is -2.37. The summed E-state index contributed by atoms with van der Waals surface area (Å²) in [6.45, 7) is 1.11. The Bertz CT molecular complexity index is 1050. The zero-order valence-electron chi connectivity index (χ0n) is 16.0. The molecule has 152 valence electrons. The highest BCUT2D eigenvalue weighted by atomic mass is 32.2. The van der Waals surface area contributed by atoms with Crippen LogP contribution in [0.2, 0.25) is 0 Å². The SMILES string of the molecule is O=C(Nc1cccc(N2CCCC2=O)c1)c1cccc(N2CCCCS2(=O)=O)c1. The zero-order chi connectivity index (χ0) is 20.4. The zero-order valence-corrected chi connectivity index (χ0v) is 16.8. The number of hydrogen-bond acceptors (Lipinski definition) is 4. The molecule has 0 radical (unpaired) electrons. The molecular formula is C21H23N3O4S. The Labute approximate surface area is 170 Å². The third-order valence-corrected chi connectivity index (χ3v) is 7.10. The second-order valence-corrected chi connectivity index (χ2v) is 9.31. The third-order valence-electron chi connectivity index (χ3n) is 5.23. The third kappa shape index (κ3) is 4.12. The van der Waals surface area contributed by atoms with Gasteiger partial charge in [0.25, 0.3) is 5.91 Å². The van der Waals surface area contributed by atoms with E-state index >= 15 is 0 Å². The average Bonchev–Trinajstić information content (AvgIpc) is 3.14. The monoisotopic (exact) mass is 413 g/mol. The lowest BCUT2D eigenvalue weighted by Gasteiger charge is -2.28. The van der Waals surface area contributed by atoms with Gasteiger partial charge in [-0.3, -0.25) is 13.9 Å². The number of hydrogen-bond donors (Lipinski definition) is 1. The van der Waals surface area contributed by atoms with Gasteiger partial charge in [-0.05, 0) is 55.7 Å². The van der Waals surface area contributed by atoms with Gasteiger partial charge in [0.2, 0.25) is 15.9 Å². The average molecular weight is 413 g/mol. The normalized spacial score (nSPS) is 18.7. The molecule has 4 rings (SSSR count). The Kier molecular flexibility index (Phi) is 5.27. The fourth-order valence-electron chi connectivity index (χ4n) is 3.76. The first-order valence-electron chi connectivity index (χ1n) is 9.76. The van der Waals surface area contributed by atoms with Crippen molar-refractivity contribution in [1.29, 1.82) is 0 Å². The molecule has 2 saturated heterocycles. The van der Waals surface area contributed by atoms with Crippen molar-refractivity contribution in [3.63, 3.8) is 0 Å². The molecule has 29 heavy (non-hydrogen) atoms. The molecular weight excluding hydrogens is 390 g/mol. The molecule has 2 aromatic rings. The fraction of sp³-hybridized carbons (Fsp3) is 0.333. The molecule has 2 aliphatic rings. The first kappa shape index (κ1) is 19.4. The topological polar surface area (TPSA) is 86.8 Å². The van der Waals surface area contributed by atoms with Crippen molar-refractivity contribution in [2.24, 2.45) is 0 Å². The summed E-state index contributed by atoms with van der Waals surface area (Å²) in [6.07, 6.45) is 2.84. The van der Waals surface area contributed by atoms with Crippen LogP contribution in [-0.4, -0.2) is 39.1 Å². The second kappa shape index (κ2) is 7.87. The molecule has 0 bridgehead atoms. The van der Waals surface area contributed by atoms with E-state index in [9.17, 15) is 18.0 Å². The smallest absolute Gasteiger partial charge is 0.255 e. The van der Waals surface area contributed by atoms with Crippen LogP contribution in [0.15, 0.2) is 48.5 Å². The van der Waals surface area contributed by atoms with Crippen LogP contribution in [-0.2, 0) is 14.8 Å². The van der Waals surface area contributed by atoms with Crippen molar-refractivity contribution < 1.29 is 18.0 Å². The summed E-state index contributed by atoms with van der Waals surface area (Å²) in [5.41, 5.74) is 2.24. The molecule has 7 nitrogen and oxygen atoms in total. The molecule has 8 heteroatoms. The van der Waals surface area contributed by atoms with E-state index in [0.717, 1.165) is 18.5 Å². The number of amides is 2. The van der Waals surface area contributed by atoms with E-state index in [2.05, 4.69) is 5.32 Å². The summed E-state index contributed by atoms with van der Waals surface area (Å²) in [7, 11) is -3.33. The minimum Gasteiger partial charge on any atom is -0.322 e. The Hall–Kier alpha value is -2.87. The van der Waals surface area contributed by atoms with E-state index in [4.69, 9.17) is 0 Å². The van der Waals surface area contributed by atoms with Crippen LogP contribution >= 0.6 is 0 Å². The second-order valence-electron chi connectivity index (χ2n) is 7.30. The molecule has 2 aromatic carbocycles. The van der Waals surface area contributed by atoms with Crippen molar-refractivity contribution in [2.45, 2.75) is 25.7 Å². The van der Waals surface area contributed by atoms with Gasteiger partial charge in [-0.15, -0.1) is 0 Å². The van der Waals surface area contributed by atoms with E-state index < -0.39 is 10.0 Å². The summed E-state index contributed by atoms with van der Waals surface area (Å²) in [4.78, 5) is 26.4. The van der Waals surface area contributed by atoms with E-state index in [-0.39, 0.29) is 17.6 Å². The van der Waals surface area contributed by atoms with Crippen LogP contribution in [0.4, 0.5) is 17.1 Å². The maximum Gasteiger partial charge on any atom is 0.255 e. The minimum absolute atomic E-state index is 0.0870. The molecule has 1 N–H and O–H groups in total. The maximum atomic E-state index is 12.7. The van der Waals surface area contributed by atoms with Gasteiger partial charge in [-0.25, -0.2) is 8.42 Å². The van der Waals surface area contributed by atoms with Gasteiger partial charge in [0, 0.05) is 36.4 Å². The molecule has 0 saturated carbocycles. The van der Waals surface area contributed by atoms with Gasteiger partial charge in [0.1, 0.15) is 0 Å². The highest BCUT2D eigenvalue weighted by Gasteiger charge is 2.26. The van der Waals surface area contributed by atoms with Gasteiger partial charge in [0.15, 0.2) is 0 Å². The number of rotatable bonds is 4. The molecule has 0 aliphatic carbocycles. The Morgan fingerprint density at radius 1 is 0.931 bits per heavy atom. The Morgan fingerprint density at radius 3 is 2.48 bits per heavy atom. The van der Waals surface area contributed by atoms with Gasteiger partial charge < -0.3 is 10.2 Å². The standard InChI is InChI=1S/C21H23N3O4S/c25-20-10-5-11-23(20)18-8-4-7-17(15-18)22-21(26)16-6-3-9-19(14-16)24-12-1-2-13-29(24,27)28/h3-4,6-9,14-15H,1-2,5,10-13H2,(H,22,26). The van der Waals surface area contributed by atoms with Gasteiger partial charge in [-0.1, -0.05) is 12.1 Å². The lowest BCUT2D eigenvalue weighted by atomic mass is 10.1. The van der Waals surface area contributed by atoms with Crippen LogP contribution in [0.3, 0.4) is 0 Å². The minimum atomic E-state index is -3.33. The predicted molar refractivity (Wildman–Crippen MR) is 113 cm³/mol. The Morgan fingerprint density at radius 2 is 1.72 bits per heavy atom. The quantitative estimate of drug-likeness (QED) is 0.835. The van der Waals surface area contributed by atoms with Crippen LogP contribution < -0.4 is 14.5 Å². The summed E-state index contributed by atoms with van der Waals surface area (Å²) in [5.74, 6) is -0.110. The number of carbonyl (C=O) groups is 2. The van der Waals surface area contributed by atoms with Gasteiger partial charge in [0.05, 0.1) is 11.4 Å². The van der Waals surface area contributed by atoms with Crippen molar-refractivity contribution in [1.82, 2.24) is 0 Å². The van der Waals surface area contributed by atoms with Crippen molar-refractivity contribution in [2.75, 3.05) is 33.4 Å². The molecule has 2 heterocycles. The number of sulfonamides is 1. The van der Waals surface area contributed by atoms with Crippen LogP contribution in [0.5, 0.6) is 0 Å². The molecule has 0 aromatic heterocycles. The molecule has 0 spiro atoms. The van der Waals surface area contributed by atoms with E-state index in [0.29, 0.717) is 42.9 Å². The maximum absolute atomic E-state index is 12.7. The van der Waals surface area contributed by atoms with Crippen LogP contribution in [0.25, 0.3) is 0 Å². The largest absolute Gasteiger partial charge is 0.322 e.